The summed E-state index contributed by atoms with van der Waals surface area (Å²) < 4.78 is 26.8. The minimum Gasteiger partial charge on any atom is -0.496 e. The van der Waals surface area contributed by atoms with E-state index in [1.807, 2.05) is 0 Å². The number of aliphatic hydroxyl groups excluding tert-OH is 1. The van der Waals surface area contributed by atoms with Crippen molar-refractivity contribution in [2.75, 3.05) is 34.5 Å². The van der Waals surface area contributed by atoms with Crippen molar-refractivity contribution in [1.82, 2.24) is 0 Å². The fourth-order valence-corrected chi connectivity index (χ4v) is 2.75. The van der Waals surface area contributed by atoms with Crippen LogP contribution < -0.4 is 24.4 Å². The molecule has 0 spiro atoms. The van der Waals surface area contributed by atoms with Crippen LogP contribution in [-0.4, -0.2) is 50.7 Å². The van der Waals surface area contributed by atoms with E-state index >= 15 is 0 Å². The molecule has 0 saturated carbocycles. The SMILES string of the molecule is CCO.COc1ccc(-c2cc(=O)c3c(OC)cc(OCC(=O)O)cc3o2)cc1OC. The summed E-state index contributed by atoms with van der Waals surface area (Å²) in [5.74, 6) is 0.639. The summed E-state index contributed by atoms with van der Waals surface area (Å²) in [6, 6.07) is 9.36. The summed E-state index contributed by atoms with van der Waals surface area (Å²) in [5.41, 5.74) is 0.497. The van der Waals surface area contributed by atoms with Crippen LogP contribution in [0.3, 0.4) is 0 Å². The molecule has 0 aliphatic carbocycles. The molecule has 0 fully saturated rings. The van der Waals surface area contributed by atoms with Gasteiger partial charge in [-0.1, -0.05) is 0 Å². The van der Waals surface area contributed by atoms with Gasteiger partial charge in [0, 0.05) is 30.4 Å². The van der Waals surface area contributed by atoms with E-state index in [9.17, 15) is 9.59 Å². The van der Waals surface area contributed by atoms with Crippen molar-refractivity contribution in [3.05, 3.63) is 46.6 Å². The molecule has 0 unspecified atom stereocenters. The van der Waals surface area contributed by atoms with Crippen LogP contribution in [0.25, 0.3) is 22.3 Å². The van der Waals surface area contributed by atoms with Gasteiger partial charge in [0.1, 0.15) is 28.2 Å². The quantitative estimate of drug-likeness (QED) is 0.580. The number of carboxylic acids is 1. The molecule has 9 nitrogen and oxygen atoms in total. The van der Waals surface area contributed by atoms with Crippen LogP contribution in [0.4, 0.5) is 0 Å². The molecule has 0 atom stereocenters. The average Bonchev–Trinajstić information content (AvgIpc) is 2.76. The first-order valence-electron chi connectivity index (χ1n) is 9.22. The van der Waals surface area contributed by atoms with Gasteiger partial charge in [-0.15, -0.1) is 0 Å². The number of aliphatic carboxylic acids is 1. The van der Waals surface area contributed by atoms with E-state index in [1.54, 1.807) is 25.1 Å². The highest BCUT2D eigenvalue weighted by Crippen LogP contribution is 2.35. The highest BCUT2D eigenvalue weighted by Gasteiger charge is 2.15. The topological polar surface area (TPSA) is 125 Å². The molecule has 0 amide bonds. The van der Waals surface area contributed by atoms with Crippen LogP contribution in [-0.2, 0) is 4.79 Å². The lowest BCUT2D eigenvalue weighted by molar-refractivity contribution is -0.139. The van der Waals surface area contributed by atoms with Crippen LogP contribution in [0.5, 0.6) is 23.0 Å². The standard InChI is InChI=1S/C20H18O8.C2H6O/c1-24-14-5-4-11(6-16(14)25-2)15-9-13(21)20-17(26-3)7-12(8-18(20)28-15)27-10-19(22)23;1-2-3/h4-9H,10H2,1-3H3,(H,22,23);3H,2H2,1H3. The number of ether oxygens (including phenoxy) is 4. The number of hydrogen-bond acceptors (Lipinski definition) is 8. The Kier molecular flexibility index (Phi) is 8.27. The fourth-order valence-electron chi connectivity index (χ4n) is 2.75. The largest absolute Gasteiger partial charge is 0.496 e. The molecule has 0 bridgehead atoms. The highest BCUT2D eigenvalue weighted by molar-refractivity contribution is 5.86. The zero-order valence-electron chi connectivity index (χ0n) is 17.6. The highest BCUT2D eigenvalue weighted by atomic mass is 16.5. The number of carboxylic acid groups (broad SMARTS) is 1. The van der Waals surface area contributed by atoms with E-state index in [-0.39, 0.29) is 34.5 Å². The molecule has 3 rings (SSSR count). The van der Waals surface area contributed by atoms with E-state index < -0.39 is 12.6 Å². The van der Waals surface area contributed by atoms with Gasteiger partial charge in [-0.3, -0.25) is 4.79 Å². The van der Waals surface area contributed by atoms with E-state index in [2.05, 4.69) is 0 Å². The van der Waals surface area contributed by atoms with Gasteiger partial charge in [-0.05, 0) is 25.1 Å². The fraction of sp³-hybridized carbons (Fsp3) is 0.273. The minimum atomic E-state index is -1.13. The first kappa shape index (κ1) is 23.6. The molecule has 31 heavy (non-hydrogen) atoms. The Labute approximate surface area is 178 Å². The Balaban J connectivity index is 0.00000107. The van der Waals surface area contributed by atoms with Gasteiger partial charge in [0.05, 0.1) is 21.3 Å². The van der Waals surface area contributed by atoms with Crippen molar-refractivity contribution in [2.45, 2.75) is 6.92 Å². The van der Waals surface area contributed by atoms with Crippen molar-refractivity contribution in [1.29, 1.82) is 0 Å². The van der Waals surface area contributed by atoms with E-state index in [0.29, 0.717) is 22.8 Å². The van der Waals surface area contributed by atoms with Gasteiger partial charge < -0.3 is 33.6 Å². The third-order valence-electron chi connectivity index (χ3n) is 4.02. The molecule has 0 aliphatic rings. The van der Waals surface area contributed by atoms with Gasteiger partial charge in [0.25, 0.3) is 0 Å². The molecule has 0 radical (unpaired) electrons. The molecule has 0 aliphatic heterocycles. The lowest BCUT2D eigenvalue weighted by Crippen LogP contribution is -2.10. The number of hydrogen-bond donors (Lipinski definition) is 2. The molecule has 1 aromatic heterocycles. The summed E-state index contributed by atoms with van der Waals surface area (Å²) >= 11 is 0. The molecule has 2 N–H and O–H groups in total. The summed E-state index contributed by atoms with van der Waals surface area (Å²) in [7, 11) is 4.44. The van der Waals surface area contributed by atoms with Crippen molar-refractivity contribution in [3.8, 4) is 34.3 Å². The zero-order valence-corrected chi connectivity index (χ0v) is 17.6. The number of benzene rings is 2. The number of carbonyl (C=O) groups is 1. The monoisotopic (exact) mass is 432 g/mol. The molecule has 9 heteroatoms. The van der Waals surface area contributed by atoms with Gasteiger partial charge in [0.15, 0.2) is 23.5 Å². The molecule has 3 aromatic rings. The minimum absolute atomic E-state index is 0.206. The molecular weight excluding hydrogens is 408 g/mol. The van der Waals surface area contributed by atoms with Crippen LogP contribution in [0.15, 0.2) is 45.6 Å². The molecule has 2 aromatic carbocycles. The van der Waals surface area contributed by atoms with E-state index in [0.717, 1.165) is 0 Å². The van der Waals surface area contributed by atoms with Gasteiger partial charge >= 0.3 is 5.97 Å². The van der Waals surface area contributed by atoms with Crippen LogP contribution in [0.2, 0.25) is 0 Å². The number of methoxy groups -OCH3 is 3. The molecule has 166 valence electrons. The smallest absolute Gasteiger partial charge is 0.341 e. The van der Waals surface area contributed by atoms with Crippen molar-refractivity contribution in [3.63, 3.8) is 0 Å². The Morgan fingerprint density at radius 2 is 1.61 bits per heavy atom. The first-order chi connectivity index (χ1) is 14.9. The Bertz CT molecular complexity index is 1100. The summed E-state index contributed by atoms with van der Waals surface area (Å²) in [4.78, 5) is 23.4. The van der Waals surface area contributed by atoms with Gasteiger partial charge in [-0.25, -0.2) is 4.79 Å². The maximum absolute atomic E-state index is 12.7. The van der Waals surface area contributed by atoms with Crippen LogP contribution >= 0.6 is 0 Å². The Morgan fingerprint density at radius 3 is 2.19 bits per heavy atom. The average molecular weight is 432 g/mol. The lowest BCUT2D eigenvalue weighted by Gasteiger charge is -2.11. The first-order valence-corrected chi connectivity index (χ1v) is 9.22. The molecule has 1 heterocycles. The Hall–Kier alpha value is -3.72. The third-order valence-corrected chi connectivity index (χ3v) is 4.02. The van der Waals surface area contributed by atoms with Gasteiger partial charge in [-0.2, -0.15) is 0 Å². The zero-order chi connectivity index (χ0) is 23.0. The third kappa shape index (κ3) is 5.67. The second-order valence-electron chi connectivity index (χ2n) is 6.04. The van der Waals surface area contributed by atoms with E-state index in [4.69, 9.17) is 33.6 Å². The van der Waals surface area contributed by atoms with Crippen molar-refractivity contribution >= 4 is 16.9 Å². The van der Waals surface area contributed by atoms with Gasteiger partial charge in [0.2, 0.25) is 0 Å². The van der Waals surface area contributed by atoms with Crippen LogP contribution in [0, 0.1) is 0 Å². The summed E-state index contributed by atoms with van der Waals surface area (Å²) in [6.45, 7) is 1.40. The number of rotatable bonds is 7. The maximum atomic E-state index is 12.7. The maximum Gasteiger partial charge on any atom is 0.341 e. The predicted octanol–water partition coefficient (Wildman–Crippen LogP) is 2.95. The Morgan fingerprint density at radius 1 is 0.968 bits per heavy atom. The van der Waals surface area contributed by atoms with Crippen molar-refractivity contribution in [2.24, 2.45) is 0 Å². The molecule has 0 saturated heterocycles. The lowest BCUT2D eigenvalue weighted by atomic mass is 10.1. The number of aliphatic hydroxyl groups is 1. The number of fused-ring (bicyclic) bond motifs is 1. The predicted molar refractivity (Wildman–Crippen MR) is 113 cm³/mol. The molecular formula is C22H24O9. The van der Waals surface area contributed by atoms with Crippen molar-refractivity contribution < 1.29 is 38.4 Å². The summed E-state index contributed by atoms with van der Waals surface area (Å²) in [6.07, 6.45) is 0. The second-order valence-corrected chi connectivity index (χ2v) is 6.04. The van der Waals surface area contributed by atoms with E-state index in [1.165, 1.54) is 39.5 Å². The normalized spacial score (nSPS) is 10.1. The summed E-state index contributed by atoms with van der Waals surface area (Å²) in [5, 5.41) is 16.6. The second kappa shape index (κ2) is 10.9. The van der Waals surface area contributed by atoms with Crippen LogP contribution in [0.1, 0.15) is 6.92 Å².